The second kappa shape index (κ2) is 4.05. The molecule has 0 atom stereocenters. The summed E-state index contributed by atoms with van der Waals surface area (Å²) in [4.78, 5) is 0. The fourth-order valence-electron chi connectivity index (χ4n) is 1.91. The average Bonchev–Trinajstić information content (AvgIpc) is 2.54. The molecule has 1 aromatic carbocycles. The molecule has 0 bridgehead atoms. The van der Waals surface area contributed by atoms with Gasteiger partial charge in [-0.05, 0) is 24.5 Å². The van der Waals surface area contributed by atoms with Crippen molar-refractivity contribution < 1.29 is 4.57 Å². The molecular weight excluding hydrogens is 184 g/mol. The number of hydrogen-bond donors (Lipinski definition) is 0. The molecule has 0 saturated heterocycles. The van der Waals surface area contributed by atoms with Gasteiger partial charge in [0, 0.05) is 0 Å². The topological polar surface area (TPSA) is 8.81 Å². The van der Waals surface area contributed by atoms with E-state index in [1.807, 2.05) is 0 Å². The fraction of sp³-hybridized carbons (Fsp3) is 0.462. The minimum absolute atomic E-state index is 0.761. The van der Waals surface area contributed by atoms with Crippen LogP contribution >= 0.6 is 0 Å². The Balaban J connectivity index is 2.35. The maximum atomic E-state index is 2.34. The second-order valence-electron chi connectivity index (χ2n) is 4.59. The Kier molecular flexibility index (Phi) is 2.76. The predicted molar refractivity (Wildman–Crippen MR) is 62.6 cm³/mol. The lowest BCUT2D eigenvalue weighted by molar-refractivity contribution is -0.645. The molecule has 0 aliphatic rings. The normalized spacial score (nSPS) is 11.5. The zero-order chi connectivity index (χ0) is 10.8. The van der Waals surface area contributed by atoms with Gasteiger partial charge in [0.2, 0.25) is 6.33 Å². The van der Waals surface area contributed by atoms with Crippen LogP contribution < -0.4 is 4.57 Å². The molecule has 0 radical (unpaired) electrons. The smallest absolute Gasteiger partial charge is 0.233 e. The quantitative estimate of drug-likeness (QED) is 0.678. The molecule has 1 heterocycles. The molecule has 1 aromatic heterocycles. The monoisotopic (exact) mass is 203 g/mol. The summed E-state index contributed by atoms with van der Waals surface area (Å²) in [6.45, 7) is 5.65. The van der Waals surface area contributed by atoms with Crippen LogP contribution in [0.3, 0.4) is 0 Å². The molecule has 80 valence electrons. The number of imidazole rings is 1. The Hall–Kier alpha value is -1.31. The average molecular weight is 203 g/mol. The summed E-state index contributed by atoms with van der Waals surface area (Å²) >= 11 is 0. The van der Waals surface area contributed by atoms with E-state index in [4.69, 9.17) is 0 Å². The largest absolute Gasteiger partial charge is 0.244 e. The van der Waals surface area contributed by atoms with Gasteiger partial charge < -0.3 is 0 Å². The zero-order valence-electron chi connectivity index (χ0n) is 9.77. The third-order valence-electron chi connectivity index (χ3n) is 2.83. The van der Waals surface area contributed by atoms with Gasteiger partial charge in [0.1, 0.15) is 0 Å². The molecule has 0 aliphatic carbocycles. The van der Waals surface area contributed by atoms with E-state index in [0.717, 1.165) is 12.5 Å². The Labute approximate surface area is 91.2 Å². The molecule has 15 heavy (non-hydrogen) atoms. The van der Waals surface area contributed by atoms with Crippen LogP contribution in [0.15, 0.2) is 30.6 Å². The van der Waals surface area contributed by atoms with E-state index in [0.29, 0.717) is 0 Å². The van der Waals surface area contributed by atoms with Crippen LogP contribution in [-0.4, -0.2) is 4.57 Å². The predicted octanol–water partition coefficient (Wildman–Crippen LogP) is 2.51. The van der Waals surface area contributed by atoms with Crippen LogP contribution in [-0.2, 0) is 13.6 Å². The summed E-state index contributed by atoms with van der Waals surface area (Å²) in [6.07, 6.45) is 3.42. The minimum atomic E-state index is 0.761. The molecule has 0 fully saturated rings. The van der Waals surface area contributed by atoms with Gasteiger partial charge >= 0.3 is 0 Å². The highest BCUT2D eigenvalue weighted by Gasteiger charge is 2.11. The number of fused-ring (bicyclic) bond motifs is 1. The van der Waals surface area contributed by atoms with Crippen LogP contribution in [0.4, 0.5) is 0 Å². The Bertz CT molecular complexity index is 455. The first-order chi connectivity index (χ1) is 7.18. The number of benzene rings is 1. The number of nitrogens with zero attached hydrogens (tertiary/aromatic N) is 2. The third-order valence-corrected chi connectivity index (χ3v) is 2.83. The van der Waals surface area contributed by atoms with Crippen molar-refractivity contribution in [2.45, 2.75) is 26.8 Å². The highest BCUT2D eigenvalue weighted by atomic mass is 15.1. The lowest BCUT2D eigenvalue weighted by atomic mass is 10.1. The van der Waals surface area contributed by atoms with E-state index in [1.165, 1.54) is 17.5 Å². The lowest BCUT2D eigenvalue weighted by Gasteiger charge is -2.01. The molecule has 0 N–H and O–H groups in total. The van der Waals surface area contributed by atoms with Crippen molar-refractivity contribution in [1.82, 2.24) is 4.57 Å². The molecule has 0 spiro atoms. The van der Waals surface area contributed by atoms with Crippen molar-refractivity contribution in [2.75, 3.05) is 0 Å². The highest BCUT2D eigenvalue weighted by molar-refractivity contribution is 5.71. The van der Waals surface area contributed by atoms with Crippen molar-refractivity contribution >= 4 is 11.0 Å². The summed E-state index contributed by atoms with van der Waals surface area (Å²) in [5.74, 6) is 0.761. The van der Waals surface area contributed by atoms with Crippen LogP contribution in [0.2, 0.25) is 0 Å². The van der Waals surface area contributed by atoms with Crippen molar-refractivity contribution in [3.8, 4) is 0 Å². The first-order valence-electron chi connectivity index (χ1n) is 5.62. The van der Waals surface area contributed by atoms with Crippen molar-refractivity contribution in [2.24, 2.45) is 13.0 Å². The van der Waals surface area contributed by atoms with E-state index in [9.17, 15) is 0 Å². The third kappa shape index (κ3) is 2.04. The molecule has 0 amide bonds. The Morgan fingerprint density at radius 1 is 1.27 bits per heavy atom. The number of rotatable bonds is 3. The van der Waals surface area contributed by atoms with E-state index < -0.39 is 0 Å². The zero-order valence-corrected chi connectivity index (χ0v) is 9.77. The summed E-state index contributed by atoms with van der Waals surface area (Å²) in [5.41, 5.74) is 2.64. The highest BCUT2D eigenvalue weighted by Crippen LogP contribution is 2.12. The molecule has 0 saturated carbocycles. The standard InChI is InChI=1S/C13H19N2/c1-11(2)8-9-15-10-14(3)12-6-4-5-7-13(12)15/h4-7,10-11H,8-9H2,1-3H3/q+1. The first kappa shape index (κ1) is 10.2. The molecule has 2 aromatic rings. The van der Waals surface area contributed by atoms with Gasteiger partial charge in [-0.2, -0.15) is 0 Å². The number of hydrogen-bond acceptors (Lipinski definition) is 0. The van der Waals surface area contributed by atoms with E-state index in [-0.39, 0.29) is 0 Å². The molecule has 2 heteroatoms. The summed E-state index contributed by atoms with van der Waals surface area (Å²) in [7, 11) is 2.11. The molecule has 2 rings (SSSR count). The summed E-state index contributed by atoms with van der Waals surface area (Å²) in [6, 6.07) is 8.56. The minimum Gasteiger partial charge on any atom is -0.233 e. The van der Waals surface area contributed by atoms with Gasteiger partial charge in [-0.3, -0.25) is 0 Å². The lowest BCUT2D eigenvalue weighted by Crippen LogP contribution is -2.25. The number of para-hydroxylation sites is 2. The van der Waals surface area contributed by atoms with Gasteiger partial charge in [0.15, 0.2) is 11.0 Å². The van der Waals surface area contributed by atoms with Crippen LogP contribution in [0.25, 0.3) is 11.0 Å². The van der Waals surface area contributed by atoms with Gasteiger partial charge in [0.25, 0.3) is 0 Å². The molecular formula is C13H19N2+. The summed E-state index contributed by atoms with van der Waals surface area (Å²) in [5, 5.41) is 0. The van der Waals surface area contributed by atoms with Gasteiger partial charge in [-0.25, -0.2) is 9.13 Å². The SMILES string of the molecule is CC(C)CCn1c[n+](C)c2ccccc21. The van der Waals surface area contributed by atoms with Gasteiger partial charge in [-0.1, -0.05) is 26.0 Å². The molecule has 0 aliphatic heterocycles. The van der Waals surface area contributed by atoms with E-state index >= 15 is 0 Å². The molecule has 2 nitrogen and oxygen atoms in total. The number of aryl methyl sites for hydroxylation is 2. The second-order valence-corrected chi connectivity index (χ2v) is 4.59. The van der Waals surface area contributed by atoms with Gasteiger partial charge in [0.05, 0.1) is 13.6 Å². The van der Waals surface area contributed by atoms with Crippen molar-refractivity contribution in [1.29, 1.82) is 0 Å². The van der Waals surface area contributed by atoms with Crippen LogP contribution in [0, 0.1) is 5.92 Å². The first-order valence-corrected chi connectivity index (χ1v) is 5.62. The maximum absolute atomic E-state index is 2.34. The van der Waals surface area contributed by atoms with Crippen molar-refractivity contribution in [3.05, 3.63) is 30.6 Å². The maximum Gasteiger partial charge on any atom is 0.244 e. The van der Waals surface area contributed by atoms with Crippen LogP contribution in [0.5, 0.6) is 0 Å². The Morgan fingerprint density at radius 2 is 2.00 bits per heavy atom. The van der Waals surface area contributed by atoms with E-state index in [2.05, 4.69) is 60.6 Å². The summed E-state index contributed by atoms with van der Waals surface area (Å²) < 4.78 is 4.53. The Morgan fingerprint density at radius 3 is 2.73 bits per heavy atom. The number of aromatic nitrogens is 2. The van der Waals surface area contributed by atoms with Gasteiger partial charge in [-0.15, -0.1) is 0 Å². The van der Waals surface area contributed by atoms with Crippen molar-refractivity contribution in [3.63, 3.8) is 0 Å². The molecule has 0 unspecified atom stereocenters. The van der Waals surface area contributed by atoms with E-state index in [1.54, 1.807) is 0 Å². The van der Waals surface area contributed by atoms with Crippen LogP contribution in [0.1, 0.15) is 20.3 Å². The fourth-order valence-corrected chi connectivity index (χ4v) is 1.91.